The first-order valence-corrected chi connectivity index (χ1v) is 9.53. The number of carbonyl (C=O) groups excluding carboxylic acids is 1. The summed E-state index contributed by atoms with van der Waals surface area (Å²) >= 11 is 5.96. The number of rotatable bonds is 4. The summed E-state index contributed by atoms with van der Waals surface area (Å²) in [5.41, 5.74) is 0.869. The smallest absolute Gasteiger partial charge is 0.252 e. The molecule has 7 heteroatoms. The van der Waals surface area contributed by atoms with Crippen molar-refractivity contribution in [2.24, 2.45) is 0 Å². The standard InChI is InChI=1S/C20H25ClN4O2/c1-13-12-17(26)24-19(22-13)23-16-8-10-25(11-9-16)18(27)20(2,3)14-4-6-15(21)7-5-14/h4-7,12,16H,8-11H2,1-3H3,(H2,22,23,24,26). The van der Waals surface area contributed by atoms with Gasteiger partial charge in [0.1, 0.15) is 0 Å². The third-order valence-corrected chi connectivity index (χ3v) is 5.35. The van der Waals surface area contributed by atoms with Crippen molar-refractivity contribution in [2.45, 2.75) is 45.1 Å². The van der Waals surface area contributed by atoms with Gasteiger partial charge in [-0.15, -0.1) is 0 Å². The lowest BCUT2D eigenvalue weighted by molar-refractivity contribution is -0.137. The second kappa shape index (κ2) is 7.72. The highest BCUT2D eigenvalue weighted by molar-refractivity contribution is 6.30. The summed E-state index contributed by atoms with van der Waals surface area (Å²) in [5, 5.41) is 3.94. The molecule has 0 bridgehead atoms. The Hall–Kier alpha value is -2.34. The normalized spacial score (nSPS) is 15.6. The van der Waals surface area contributed by atoms with Crippen molar-refractivity contribution in [3.05, 3.63) is 57.0 Å². The maximum atomic E-state index is 13.1. The molecule has 0 unspecified atom stereocenters. The van der Waals surface area contributed by atoms with E-state index < -0.39 is 5.41 Å². The second-order valence-corrected chi connectivity index (χ2v) is 8.01. The third-order valence-electron chi connectivity index (χ3n) is 5.09. The van der Waals surface area contributed by atoms with E-state index in [2.05, 4.69) is 15.3 Å². The van der Waals surface area contributed by atoms with Crippen molar-refractivity contribution in [1.29, 1.82) is 0 Å². The first-order chi connectivity index (χ1) is 12.8. The number of likely N-dealkylation sites (tertiary alicyclic amines) is 1. The van der Waals surface area contributed by atoms with Crippen molar-refractivity contribution in [3.63, 3.8) is 0 Å². The van der Waals surface area contributed by atoms with Gasteiger partial charge in [-0.2, -0.15) is 0 Å². The van der Waals surface area contributed by atoms with Crippen LogP contribution >= 0.6 is 11.6 Å². The van der Waals surface area contributed by atoms with Crippen LogP contribution in [0.2, 0.25) is 5.02 Å². The molecule has 144 valence electrons. The number of aromatic amines is 1. The van der Waals surface area contributed by atoms with Gasteiger partial charge < -0.3 is 10.2 Å². The van der Waals surface area contributed by atoms with E-state index in [1.165, 1.54) is 6.07 Å². The molecule has 1 amide bonds. The monoisotopic (exact) mass is 388 g/mol. The number of nitrogens with zero attached hydrogens (tertiary/aromatic N) is 2. The fourth-order valence-corrected chi connectivity index (χ4v) is 3.58. The van der Waals surface area contributed by atoms with Crippen LogP contribution in [0.3, 0.4) is 0 Å². The molecule has 0 saturated carbocycles. The van der Waals surface area contributed by atoms with Gasteiger partial charge in [0.05, 0.1) is 5.41 Å². The van der Waals surface area contributed by atoms with E-state index in [1.807, 2.05) is 43.0 Å². The molecule has 0 atom stereocenters. The Morgan fingerprint density at radius 3 is 2.48 bits per heavy atom. The Labute approximate surface area is 164 Å². The van der Waals surface area contributed by atoms with E-state index in [0.717, 1.165) is 18.4 Å². The molecule has 2 aromatic rings. The Balaban J connectivity index is 1.61. The molecule has 27 heavy (non-hydrogen) atoms. The maximum absolute atomic E-state index is 13.1. The van der Waals surface area contributed by atoms with Crippen LogP contribution in [0.5, 0.6) is 0 Å². The molecular formula is C20H25ClN4O2. The minimum atomic E-state index is -0.603. The van der Waals surface area contributed by atoms with Crippen LogP contribution in [0.25, 0.3) is 0 Å². The fourth-order valence-electron chi connectivity index (χ4n) is 3.45. The van der Waals surface area contributed by atoms with Gasteiger partial charge in [0.25, 0.3) is 5.56 Å². The van der Waals surface area contributed by atoms with E-state index >= 15 is 0 Å². The van der Waals surface area contributed by atoms with Crippen LogP contribution < -0.4 is 10.9 Å². The summed E-state index contributed by atoms with van der Waals surface area (Å²) in [7, 11) is 0. The van der Waals surface area contributed by atoms with Gasteiger partial charge in [0.2, 0.25) is 11.9 Å². The van der Waals surface area contributed by atoms with Crippen LogP contribution in [0.15, 0.2) is 35.1 Å². The van der Waals surface area contributed by atoms with E-state index in [4.69, 9.17) is 11.6 Å². The summed E-state index contributed by atoms with van der Waals surface area (Å²) in [6.45, 7) is 7.03. The highest BCUT2D eigenvalue weighted by Crippen LogP contribution is 2.28. The highest BCUT2D eigenvalue weighted by Gasteiger charge is 2.35. The molecule has 1 aliphatic heterocycles. The van der Waals surface area contributed by atoms with E-state index in [0.29, 0.717) is 29.8 Å². The summed E-state index contributed by atoms with van der Waals surface area (Å²) in [6, 6.07) is 9.10. The summed E-state index contributed by atoms with van der Waals surface area (Å²) < 4.78 is 0. The fraction of sp³-hybridized carbons (Fsp3) is 0.450. The SMILES string of the molecule is Cc1cc(=O)[nH]c(NC2CCN(C(=O)C(C)(C)c3ccc(Cl)cc3)CC2)n1. The predicted molar refractivity (Wildman–Crippen MR) is 107 cm³/mol. The lowest BCUT2D eigenvalue weighted by Crippen LogP contribution is -2.49. The van der Waals surface area contributed by atoms with Gasteiger partial charge in [0, 0.05) is 35.9 Å². The number of amides is 1. The number of H-pyrrole nitrogens is 1. The van der Waals surface area contributed by atoms with Crippen LogP contribution in [0.4, 0.5) is 5.95 Å². The molecule has 0 radical (unpaired) electrons. The van der Waals surface area contributed by atoms with Crippen molar-refractivity contribution in [1.82, 2.24) is 14.9 Å². The molecule has 1 aromatic heterocycles. The topological polar surface area (TPSA) is 78.1 Å². The van der Waals surface area contributed by atoms with E-state index in [1.54, 1.807) is 6.92 Å². The first kappa shape index (κ1) is 19.4. The molecule has 1 saturated heterocycles. The van der Waals surface area contributed by atoms with Gasteiger partial charge >= 0.3 is 0 Å². The van der Waals surface area contributed by atoms with Gasteiger partial charge in [-0.1, -0.05) is 23.7 Å². The molecule has 3 rings (SSSR count). The number of aromatic nitrogens is 2. The lowest BCUT2D eigenvalue weighted by Gasteiger charge is -2.37. The van der Waals surface area contributed by atoms with Gasteiger partial charge in [0.15, 0.2) is 0 Å². The van der Waals surface area contributed by atoms with Crippen molar-refractivity contribution >= 4 is 23.5 Å². The Bertz CT molecular complexity index is 868. The minimum absolute atomic E-state index is 0.116. The number of benzene rings is 1. The van der Waals surface area contributed by atoms with Crippen molar-refractivity contribution in [3.8, 4) is 0 Å². The lowest BCUT2D eigenvalue weighted by atomic mass is 9.82. The maximum Gasteiger partial charge on any atom is 0.252 e. The summed E-state index contributed by atoms with van der Waals surface area (Å²) in [4.78, 5) is 33.6. The minimum Gasteiger partial charge on any atom is -0.353 e. The summed E-state index contributed by atoms with van der Waals surface area (Å²) in [6.07, 6.45) is 1.61. The molecule has 2 heterocycles. The number of nitrogens with one attached hydrogen (secondary N) is 2. The molecule has 1 aliphatic rings. The van der Waals surface area contributed by atoms with Gasteiger partial charge in [-0.3, -0.25) is 14.6 Å². The largest absolute Gasteiger partial charge is 0.353 e. The molecule has 0 spiro atoms. The van der Waals surface area contributed by atoms with Crippen LogP contribution in [-0.2, 0) is 10.2 Å². The average molecular weight is 389 g/mol. The Morgan fingerprint density at radius 1 is 1.26 bits per heavy atom. The zero-order valence-corrected chi connectivity index (χ0v) is 16.6. The van der Waals surface area contributed by atoms with Crippen molar-refractivity contribution < 1.29 is 4.79 Å². The number of hydrogen-bond donors (Lipinski definition) is 2. The number of piperidine rings is 1. The van der Waals surface area contributed by atoms with Gasteiger partial charge in [-0.25, -0.2) is 4.98 Å². The summed E-state index contributed by atoms with van der Waals surface area (Å²) in [5.74, 6) is 0.608. The highest BCUT2D eigenvalue weighted by atomic mass is 35.5. The quantitative estimate of drug-likeness (QED) is 0.843. The molecule has 6 nitrogen and oxygen atoms in total. The third kappa shape index (κ3) is 4.50. The second-order valence-electron chi connectivity index (χ2n) is 7.58. The predicted octanol–water partition coefficient (Wildman–Crippen LogP) is 3.11. The molecule has 0 aliphatic carbocycles. The molecule has 1 aromatic carbocycles. The van der Waals surface area contributed by atoms with Gasteiger partial charge in [-0.05, 0) is 51.3 Å². The number of carbonyl (C=O) groups is 1. The Morgan fingerprint density at radius 2 is 1.89 bits per heavy atom. The zero-order valence-electron chi connectivity index (χ0n) is 15.9. The number of aryl methyl sites for hydroxylation is 1. The van der Waals surface area contributed by atoms with E-state index in [9.17, 15) is 9.59 Å². The van der Waals surface area contributed by atoms with E-state index in [-0.39, 0.29) is 17.5 Å². The molecular weight excluding hydrogens is 364 g/mol. The molecule has 1 fully saturated rings. The zero-order chi connectivity index (χ0) is 19.6. The average Bonchev–Trinajstić information content (AvgIpc) is 2.61. The first-order valence-electron chi connectivity index (χ1n) is 9.15. The van der Waals surface area contributed by atoms with Crippen LogP contribution in [-0.4, -0.2) is 39.9 Å². The van der Waals surface area contributed by atoms with Crippen LogP contribution in [0, 0.1) is 6.92 Å². The number of anilines is 1. The molecule has 2 N–H and O–H groups in total. The van der Waals surface area contributed by atoms with Crippen LogP contribution in [0.1, 0.15) is 37.9 Å². The number of halogens is 1. The van der Waals surface area contributed by atoms with Crippen molar-refractivity contribution in [2.75, 3.05) is 18.4 Å². The number of hydrogen-bond acceptors (Lipinski definition) is 4. The Kier molecular flexibility index (Phi) is 5.56.